The van der Waals surface area contributed by atoms with E-state index in [4.69, 9.17) is 9.31 Å². The van der Waals surface area contributed by atoms with E-state index < -0.39 is 0 Å². The maximum absolute atomic E-state index is 6.06. The molecule has 0 unspecified atom stereocenters. The summed E-state index contributed by atoms with van der Waals surface area (Å²) < 4.78 is 12.1. The van der Waals surface area contributed by atoms with Crippen LogP contribution in [0.15, 0.2) is 0 Å². The summed E-state index contributed by atoms with van der Waals surface area (Å²) in [4.78, 5) is 0. The highest BCUT2D eigenvalue weighted by Crippen LogP contribution is 2.42. The minimum atomic E-state index is -0.194. The second-order valence-electron chi connectivity index (χ2n) is 5.92. The van der Waals surface area contributed by atoms with Crippen LogP contribution in [-0.2, 0) is 9.31 Å². The highest BCUT2D eigenvalue weighted by atomic mass is 16.7. The van der Waals surface area contributed by atoms with E-state index in [0.29, 0.717) is 11.7 Å². The summed E-state index contributed by atoms with van der Waals surface area (Å²) in [6.07, 6.45) is 0. The van der Waals surface area contributed by atoms with Gasteiger partial charge >= 0.3 is 7.12 Å². The third-order valence-electron chi connectivity index (χ3n) is 4.20. The molecule has 0 aromatic rings. The largest absolute Gasteiger partial charge is 0.462 e. The van der Waals surface area contributed by atoms with Gasteiger partial charge in [-0.1, -0.05) is 6.92 Å². The molecule has 3 nitrogen and oxygen atoms in total. The quantitative estimate of drug-likeness (QED) is 0.669. The molecule has 0 amide bonds. The number of hydrogen-bond donors (Lipinski definition) is 1. The Hall–Kier alpha value is -0.0551. The highest BCUT2D eigenvalue weighted by molar-refractivity contribution is 6.47. The van der Waals surface area contributed by atoms with E-state index in [1.807, 2.05) is 0 Å². The summed E-state index contributed by atoms with van der Waals surface area (Å²) in [5.74, 6) is 1.13. The molecule has 2 aliphatic rings. The van der Waals surface area contributed by atoms with Crippen molar-refractivity contribution in [3.63, 3.8) is 0 Å². The van der Waals surface area contributed by atoms with Crippen molar-refractivity contribution < 1.29 is 9.31 Å². The van der Waals surface area contributed by atoms with Gasteiger partial charge in [-0.25, -0.2) is 0 Å². The Morgan fingerprint density at radius 2 is 1.60 bits per heavy atom. The van der Waals surface area contributed by atoms with E-state index in [-0.39, 0.29) is 18.3 Å². The van der Waals surface area contributed by atoms with Crippen LogP contribution >= 0.6 is 0 Å². The molecule has 4 heteroatoms. The maximum atomic E-state index is 6.06. The third kappa shape index (κ3) is 1.83. The van der Waals surface area contributed by atoms with E-state index in [0.717, 1.165) is 13.1 Å². The van der Waals surface area contributed by atoms with Crippen LogP contribution in [0.5, 0.6) is 0 Å². The molecule has 86 valence electrons. The molecule has 0 spiro atoms. The van der Waals surface area contributed by atoms with Crippen LogP contribution in [-0.4, -0.2) is 31.4 Å². The maximum Gasteiger partial charge on any atom is 0.462 e. The molecule has 0 bridgehead atoms. The third-order valence-corrected chi connectivity index (χ3v) is 4.20. The van der Waals surface area contributed by atoms with Crippen LogP contribution in [0, 0.1) is 5.92 Å². The van der Waals surface area contributed by atoms with Crippen molar-refractivity contribution in [1.82, 2.24) is 5.32 Å². The first kappa shape index (κ1) is 11.4. The summed E-state index contributed by atoms with van der Waals surface area (Å²) in [6, 6.07) is 0. The zero-order valence-corrected chi connectivity index (χ0v) is 10.5. The zero-order chi connectivity index (χ0) is 11.3. The predicted octanol–water partition coefficient (Wildman–Crippen LogP) is 1.69. The van der Waals surface area contributed by atoms with Crippen molar-refractivity contribution in [3.8, 4) is 0 Å². The monoisotopic (exact) mass is 211 g/mol. The van der Waals surface area contributed by atoms with Gasteiger partial charge in [-0.05, 0) is 46.7 Å². The van der Waals surface area contributed by atoms with E-state index >= 15 is 0 Å². The van der Waals surface area contributed by atoms with Gasteiger partial charge in [0.05, 0.1) is 11.2 Å². The van der Waals surface area contributed by atoms with Gasteiger partial charge in [0.15, 0.2) is 0 Å². The van der Waals surface area contributed by atoms with Gasteiger partial charge in [-0.2, -0.15) is 0 Å². The fourth-order valence-electron chi connectivity index (χ4n) is 2.26. The second-order valence-corrected chi connectivity index (χ2v) is 5.92. The van der Waals surface area contributed by atoms with Crippen molar-refractivity contribution in [2.45, 2.75) is 51.6 Å². The first-order valence-corrected chi connectivity index (χ1v) is 5.90. The van der Waals surface area contributed by atoms with E-state index in [1.54, 1.807) is 0 Å². The molecule has 0 aromatic carbocycles. The summed E-state index contributed by atoms with van der Waals surface area (Å²) >= 11 is 0. The van der Waals surface area contributed by atoms with Gasteiger partial charge in [0.1, 0.15) is 0 Å². The topological polar surface area (TPSA) is 30.5 Å². The van der Waals surface area contributed by atoms with E-state index in [2.05, 4.69) is 39.9 Å². The molecule has 1 N–H and O–H groups in total. The van der Waals surface area contributed by atoms with Crippen LogP contribution in [0.4, 0.5) is 0 Å². The van der Waals surface area contributed by atoms with Gasteiger partial charge in [0.25, 0.3) is 0 Å². The van der Waals surface area contributed by atoms with Crippen LogP contribution in [0.2, 0.25) is 5.82 Å². The average Bonchev–Trinajstić information content (AvgIpc) is 2.55. The Bertz CT molecular complexity index is 239. The van der Waals surface area contributed by atoms with E-state index in [1.165, 1.54) is 0 Å². The Labute approximate surface area is 93.0 Å². The Morgan fingerprint density at radius 3 is 2.00 bits per heavy atom. The fraction of sp³-hybridized carbons (Fsp3) is 1.00. The molecule has 2 fully saturated rings. The molecule has 0 radical (unpaired) electrons. The molecule has 15 heavy (non-hydrogen) atoms. The number of nitrogens with one attached hydrogen (secondary N) is 1. The lowest BCUT2D eigenvalue weighted by molar-refractivity contribution is 0.00578. The number of rotatable bonds is 1. The minimum absolute atomic E-state index is 0.0417. The average molecular weight is 211 g/mol. The van der Waals surface area contributed by atoms with Crippen molar-refractivity contribution in [2.24, 2.45) is 5.92 Å². The zero-order valence-electron chi connectivity index (χ0n) is 10.5. The molecule has 0 aromatic heterocycles. The van der Waals surface area contributed by atoms with Gasteiger partial charge in [0.2, 0.25) is 0 Å². The van der Waals surface area contributed by atoms with Crippen molar-refractivity contribution in [1.29, 1.82) is 0 Å². The van der Waals surface area contributed by atoms with Gasteiger partial charge in [0, 0.05) is 5.82 Å². The predicted molar refractivity (Wildman–Crippen MR) is 61.9 cm³/mol. The molecule has 0 aliphatic carbocycles. The molecule has 2 atom stereocenters. The van der Waals surface area contributed by atoms with Crippen molar-refractivity contribution >= 4 is 7.12 Å². The lowest BCUT2D eigenvalue weighted by Crippen LogP contribution is -2.41. The van der Waals surface area contributed by atoms with Gasteiger partial charge in [-0.15, -0.1) is 0 Å². The lowest BCUT2D eigenvalue weighted by Gasteiger charge is -2.32. The van der Waals surface area contributed by atoms with Crippen molar-refractivity contribution in [3.05, 3.63) is 0 Å². The van der Waals surface area contributed by atoms with Gasteiger partial charge < -0.3 is 14.6 Å². The summed E-state index contributed by atoms with van der Waals surface area (Å²) in [7, 11) is -0.0417. The van der Waals surface area contributed by atoms with Crippen LogP contribution in [0.25, 0.3) is 0 Å². The molecule has 2 rings (SSSR count). The molecular weight excluding hydrogens is 189 g/mol. The van der Waals surface area contributed by atoms with Crippen LogP contribution < -0.4 is 5.32 Å². The molecule has 2 heterocycles. The van der Waals surface area contributed by atoms with Crippen LogP contribution in [0.1, 0.15) is 34.6 Å². The molecule has 2 saturated heterocycles. The normalized spacial score (nSPS) is 38.6. The summed E-state index contributed by atoms with van der Waals surface area (Å²) in [6.45, 7) is 12.8. The highest BCUT2D eigenvalue weighted by Gasteiger charge is 2.55. The van der Waals surface area contributed by atoms with Crippen molar-refractivity contribution in [2.75, 3.05) is 13.1 Å². The molecular formula is C11H22BNO2. The standard InChI is InChI=1S/C11H22BNO2/c1-8-6-13-7-9(8)12-14-10(2,3)11(4,5)15-12/h8-9,13H,6-7H2,1-5H3/t8-,9-/m0/s1. The summed E-state index contributed by atoms with van der Waals surface area (Å²) in [5.41, 5.74) is -0.389. The lowest BCUT2D eigenvalue weighted by atomic mass is 9.67. The molecule has 2 aliphatic heterocycles. The smallest absolute Gasteiger partial charge is 0.403 e. The van der Waals surface area contributed by atoms with Crippen LogP contribution in [0.3, 0.4) is 0 Å². The fourth-order valence-corrected chi connectivity index (χ4v) is 2.26. The SMILES string of the molecule is C[C@H]1CNC[C@@H]1B1OC(C)(C)C(C)(C)O1. The first-order chi connectivity index (χ1) is 6.83. The number of hydrogen-bond acceptors (Lipinski definition) is 3. The Balaban J connectivity index is 2.09. The molecule has 0 saturated carbocycles. The minimum Gasteiger partial charge on any atom is -0.403 e. The Kier molecular flexibility index (Phi) is 2.65. The second kappa shape index (κ2) is 3.47. The Morgan fingerprint density at radius 1 is 1.07 bits per heavy atom. The first-order valence-electron chi connectivity index (χ1n) is 5.90. The summed E-state index contributed by atoms with van der Waals surface area (Å²) in [5, 5.41) is 3.39. The van der Waals surface area contributed by atoms with E-state index in [9.17, 15) is 0 Å². The van der Waals surface area contributed by atoms with Gasteiger partial charge in [-0.3, -0.25) is 0 Å².